The van der Waals surface area contributed by atoms with Gasteiger partial charge in [0.25, 0.3) is 11.8 Å². The van der Waals surface area contributed by atoms with E-state index in [9.17, 15) is 14.7 Å². The van der Waals surface area contributed by atoms with E-state index in [2.05, 4.69) is 10.1 Å². The summed E-state index contributed by atoms with van der Waals surface area (Å²) in [5, 5.41) is 14.7. The fourth-order valence-electron chi connectivity index (χ4n) is 5.40. The van der Waals surface area contributed by atoms with Gasteiger partial charge < -0.3 is 29.1 Å². The molecule has 40 heavy (non-hydrogen) atoms. The quantitative estimate of drug-likeness (QED) is 0.434. The smallest absolute Gasteiger partial charge is 0.256 e. The number of benzene rings is 2. The number of aliphatic hydroxyl groups is 1. The Morgan fingerprint density at radius 3 is 2.35 bits per heavy atom. The van der Waals surface area contributed by atoms with Gasteiger partial charge in [-0.25, -0.2) is 0 Å². The summed E-state index contributed by atoms with van der Waals surface area (Å²) in [4.78, 5) is 31.2. The minimum Gasteiger partial charge on any atom is -0.378 e. The lowest BCUT2D eigenvalue weighted by atomic mass is 10.0. The molecule has 212 valence electrons. The number of carbonyl (C=O) groups is 2. The van der Waals surface area contributed by atoms with E-state index in [0.29, 0.717) is 41.5 Å². The molecule has 9 nitrogen and oxygen atoms in total. The van der Waals surface area contributed by atoms with Crippen LogP contribution >= 0.6 is 11.6 Å². The lowest BCUT2D eigenvalue weighted by molar-refractivity contribution is -0.144. The summed E-state index contributed by atoms with van der Waals surface area (Å²) in [6.07, 6.45) is 3.96. The van der Waals surface area contributed by atoms with Gasteiger partial charge in [0.2, 0.25) is 0 Å². The van der Waals surface area contributed by atoms with E-state index in [4.69, 9.17) is 20.9 Å². The molecule has 1 atom stereocenters. The van der Waals surface area contributed by atoms with Crippen molar-refractivity contribution in [1.29, 1.82) is 0 Å². The molecule has 3 aromatic rings. The number of halogens is 1. The average Bonchev–Trinajstić information content (AvgIpc) is 3.50. The number of rotatable bonds is 8. The van der Waals surface area contributed by atoms with E-state index in [0.717, 1.165) is 44.5 Å². The number of hydrogen-bond acceptors (Lipinski definition) is 7. The number of amides is 2. The minimum atomic E-state index is -1.12. The van der Waals surface area contributed by atoms with Crippen LogP contribution in [0.2, 0.25) is 5.02 Å². The first kappa shape index (κ1) is 28.1. The van der Waals surface area contributed by atoms with Crippen LogP contribution in [0, 0.1) is 0 Å². The SMILES string of the molecule is CN(Cc1ccon1)C(=O)c1ccc(N2CCC(OC3CCN(C(=O)C(O)c4ccccc4)CC3)CC2)cc1Cl. The van der Waals surface area contributed by atoms with Crippen molar-refractivity contribution in [3.05, 3.63) is 82.7 Å². The fourth-order valence-corrected chi connectivity index (χ4v) is 5.65. The second-order valence-corrected chi connectivity index (χ2v) is 10.9. The summed E-state index contributed by atoms with van der Waals surface area (Å²) in [7, 11) is 1.71. The van der Waals surface area contributed by atoms with Crippen molar-refractivity contribution in [3.8, 4) is 0 Å². The maximum absolute atomic E-state index is 12.9. The number of ether oxygens (including phenoxy) is 1. The average molecular weight is 567 g/mol. The van der Waals surface area contributed by atoms with Gasteiger partial charge in [-0.15, -0.1) is 0 Å². The van der Waals surface area contributed by atoms with Gasteiger partial charge in [-0.1, -0.05) is 47.1 Å². The van der Waals surface area contributed by atoms with Crippen molar-refractivity contribution in [3.63, 3.8) is 0 Å². The number of aromatic nitrogens is 1. The van der Waals surface area contributed by atoms with Gasteiger partial charge in [0.05, 0.1) is 29.3 Å². The van der Waals surface area contributed by atoms with Crippen molar-refractivity contribution in [2.24, 2.45) is 0 Å². The van der Waals surface area contributed by atoms with Gasteiger partial charge in [-0.3, -0.25) is 9.59 Å². The van der Waals surface area contributed by atoms with Crippen molar-refractivity contribution >= 4 is 29.1 Å². The lowest BCUT2D eigenvalue weighted by Gasteiger charge is -2.38. The lowest BCUT2D eigenvalue weighted by Crippen LogP contribution is -2.45. The summed E-state index contributed by atoms with van der Waals surface area (Å²) < 4.78 is 11.3. The highest BCUT2D eigenvalue weighted by Gasteiger charge is 2.30. The molecule has 2 amide bonds. The molecule has 10 heteroatoms. The van der Waals surface area contributed by atoms with Crippen LogP contribution < -0.4 is 4.90 Å². The van der Waals surface area contributed by atoms with E-state index in [1.54, 1.807) is 41.1 Å². The zero-order valence-electron chi connectivity index (χ0n) is 22.6. The Bertz CT molecular complexity index is 1270. The second kappa shape index (κ2) is 12.8. The standard InChI is InChI=1S/C30H35ClN4O5/c1-33(20-22-13-18-39-32-22)29(37)26-8-7-23(19-27(26)31)34-14-9-24(10-15-34)40-25-11-16-35(17-12-25)30(38)28(36)21-5-3-2-4-6-21/h2-8,13,18-19,24-25,28,36H,9-12,14-17,20H2,1H3. The van der Waals surface area contributed by atoms with Crippen molar-refractivity contribution in [2.75, 3.05) is 38.1 Å². The first-order chi connectivity index (χ1) is 19.4. The van der Waals surface area contributed by atoms with E-state index in [1.165, 1.54) is 6.26 Å². The Kier molecular flexibility index (Phi) is 9.04. The molecule has 0 saturated carbocycles. The molecule has 0 radical (unpaired) electrons. The molecule has 3 heterocycles. The number of carbonyl (C=O) groups excluding carboxylic acids is 2. The molecule has 1 N–H and O–H groups in total. The van der Waals surface area contributed by atoms with E-state index in [1.807, 2.05) is 30.3 Å². The Labute approximate surface area is 239 Å². The van der Waals surface area contributed by atoms with Crippen LogP contribution in [0.5, 0.6) is 0 Å². The van der Waals surface area contributed by atoms with Gasteiger partial charge in [0.1, 0.15) is 12.0 Å². The molecular weight excluding hydrogens is 532 g/mol. The Hall–Kier alpha value is -3.40. The first-order valence-electron chi connectivity index (χ1n) is 13.8. The van der Waals surface area contributed by atoms with E-state index >= 15 is 0 Å². The predicted octanol–water partition coefficient (Wildman–Crippen LogP) is 4.31. The van der Waals surface area contributed by atoms with Gasteiger partial charge >= 0.3 is 0 Å². The molecule has 2 aliphatic rings. The summed E-state index contributed by atoms with van der Waals surface area (Å²) in [6, 6.07) is 16.4. The minimum absolute atomic E-state index is 0.114. The van der Waals surface area contributed by atoms with Crippen LogP contribution in [0.4, 0.5) is 5.69 Å². The summed E-state index contributed by atoms with van der Waals surface area (Å²) in [5.41, 5.74) is 2.74. The van der Waals surface area contributed by atoms with Crippen LogP contribution in [0.3, 0.4) is 0 Å². The number of piperidine rings is 2. The molecule has 1 unspecified atom stereocenters. The topological polar surface area (TPSA) is 99.4 Å². The van der Waals surface area contributed by atoms with Gasteiger partial charge in [0, 0.05) is 45.0 Å². The highest BCUT2D eigenvalue weighted by Crippen LogP contribution is 2.29. The Balaban J connectivity index is 1.07. The Morgan fingerprint density at radius 1 is 1.05 bits per heavy atom. The van der Waals surface area contributed by atoms with Crippen LogP contribution in [0.1, 0.15) is 53.4 Å². The Morgan fingerprint density at radius 2 is 1.73 bits per heavy atom. The summed E-state index contributed by atoms with van der Waals surface area (Å²) >= 11 is 6.54. The highest BCUT2D eigenvalue weighted by molar-refractivity contribution is 6.34. The number of nitrogens with zero attached hydrogens (tertiary/aromatic N) is 4. The number of likely N-dealkylation sites (tertiary alicyclic amines) is 1. The molecule has 2 fully saturated rings. The van der Waals surface area contributed by atoms with Crippen LogP contribution in [-0.2, 0) is 16.1 Å². The molecule has 2 aromatic carbocycles. The van der Waals surface area contributed by atoms with Crippen molar-refractivity contribution in [2.45, 2.75) is 50.5 Å². The largest absolute Gasteiger partial charge is 0.378 e. The van der Waals surface area contributed by atoms with Crippen LogP contribution in [0.25, 0.3) is 0 Å². The molecule has 2 saturated heterocycles. The molecule has 1 aromatic heterocycles. The number of anilines is 1. The normalized spacial score (nSPS) is 17.6. The molecule has 5 rings (SSSR count). The molecule has 0 spiro atoms. The van der Waals surface area contributed by atoms with E-state index < -0.39 is 6.10 Å². The maximum atomic E-state index is 12.9. The number of aliphatic hydroxyl groups excluding tert-OH is 1. The van der Waals surface area contributed by atoms with Gasteiger partial charge in [0.15, 0.2) is 6.10 Å². The van der Waals surface area contributed by atoms with Gasteiger partial charge in [-0.05, 0) is 49.4 Å². The summed E-state index contributed by atoms with van der Waals surface area (Å²) in [6.45, 7) is 3.18. The molecule has 0 bridgehead atoms. The maximum Gasteiger partial charge on any atom is 0.256 e. The van der Waals surface area contributed by atoms with Crippen molar-refractivity contribution < 1.29 is 24.0 Å². The summed E-state index contributed by atoms with van der Waals surface area (Å²) in [5.74, 6) is -0.417. The molecule has 0 aliphatic carbocycles. The fraction of sp³-hybridized carbons (Fsp3) is 0.433. The van der Waals surface area contributed by atoms with Gasteiger partial charge in [-0.2, -0.15) is 0 Å². The molecule has 2 aliphatic heterocycles. The third kappa shape index (κ3) is 6.66. The van der Waals surface area contributed by atoms with Crippen LogP contribution in [-0.4, -0.2) is 77.3 Å². The zero-order valence-corrected chi connectivity index (χ0v) is 23.4. The predicted molar refractivity (Wildman–Crippen MR) is 151 cm³/mol. The third-order valence-electron chi connectivity index (χ3n) is 7.72. The van der Waals surface area contributed by atoms with Crippen LogP contribution in [0.15, 0.2) is 65.4 Å². The third-order valence-corrected chi connectivity index (χ3v) is 8.03. The first-order valence-corrected chi connectivity index (χ1v) is 14.1. The monoisotopic (exact) mass is 566 g/mol. The zero-order chi connectivity index (χ0) is 28.1. The molecular formula is C30H35ClN4O5. The second-order valence-electron chi connectivity index (χ2n) is 10.5. The van der Waals surface area contributed by atoms with E-state index in [-0.39, 0.29) is 24.0 Å². The highest BCUT2D eigenvalue weighted by atomic mass is 35.5. The number of hydrogen-bond donors (Lipinski definition) is 1. The van der Waals surface area contributed by atoms with Crippen molar-refractivity contribution in [1.82, 2.24) is 15.0 Å².